The van der Waals surface area contributed by atoms with E-state index in [9.17, 15) is 19.5 Å². The number of Topliss-reactive ketones (excluding diaryl/α,β-unsaturated/α-hetero) is 1. The number of hydrogen-bond donors (Lipinski definition) is 1. The molecule has 5 heteroatoms. The lowest BCUT2D eigenvalue weighted by Gasteiger charge is -2.60. The Balaban J connectivity index is 1.63. The van der Waals surface area contributed by atoms with Crippen LogP contribution in [0.3, 0.4) is 0 Å². The topological polar surface area (TPSA) is 80.7 Å². The van der Waals surface area contributed by atoms with Gasteiger partial charge in [0, 0.05) is 18.3 Å². The highest BCUT2D eigenvalue weighted by Gasteiger charge is 2.68. The third-order valence-electron chi connectivity index (χ3n) is 9.94. The molecule has 4 rings (SSSR count). The van der Waals surface area contributed by atoms with Crippen molar-refractivity contribution < 1.29 is 24.2 Å². The molecule has 0 aromatic rings. The molecule has 0 radical (unpaired) electrons. The molecule has 5 nitrogen and oxygen atoms in total. The second kappa shape index (κ2) is 8.38. The number of fused-ring (bicyclic) bond motifs is 5. The quantitative estimate of drug-likeness (QED) is 0.464. The minimum Gasteiger partial charge on any atom is -0.450 e. The van der Waals surface area contributed by atoms with E-state index in [1.807, 2.05) is 0 Å². The lowest BCUT2D eigenvalue weighted by Crippen LogP contribution is -2.60. The van der Waals surface area contributed by atoms with E-state index in [1.54, 1.807) is 13.0 Å². The fraction of sp³-hybridized carbons (Fsp3) is 0.815. The van der Waals surface area contributed by atoms with Crippen LogP contribution in [-0.4, -0.2) is 34.3 Å². The van der Waals surface area contributed by atoms with Crippen molar-refractivity contribution in [2.24, 2.45) is 28.6 Å². The molecule has 4 aliphatic rings. The summed E-state index contributed by atoms with van der Waals surface area (Å²) in [5.41, 5.74) is -0.675. The Morgan fingerprint density at radius 3 is 2.53 bits per heavy atom. The molecule has 0 heterocycles. The van der Waals surface area contributed by atoms with E-state index in [4.69, 9.17) is 4.74 Å². The van der Waals surface area contributed by atoms with Crippen molar-refractivity contribution in [2.75, 3.05) is 0 Å². The Morgan fingerprint density at radius 1 is 1.12 bits per heavy atom. The standard InChI is InChI=1S/C27H40O5/c1-5-6-7-8-24(31)32-27(17(2)28)14-11-21-19-16-23(30)22-15-18(29)9-12-25(22,3)20(19)10-13-26(21,27)4/h15,19-21,23,30H,5-14,16H2,1-4H3/t19-,20+,21+,23-,25-,26+,27+/m1/s1. The lowest BCUT2D eigenvalue weighted by molar-refractivity contribution is -0.190. The molecule has 7 atom stereocenters. The summed E-state index contributed by atoms with van der Waals surface area (Å²) in [7, 11) is 0. The van der Waals surface area contributed by atoms with Crippen LogP contribution in [0, 0.1) is 28.6 Å². The zero-order valence-corrected chi connectivity index (χ0v) is 20.2. The van der Waals surface area contributed by atoms with Gasteiger partial charge < -0.3 is 9.84 Å². The number of carbonyl (C=O) groups excluding carboxylic acids is 3. The van der Waals surface area contributed by atoms with Crippen molar-refractivity contribution >= 4 is 17.5 Å². The highest BCUT2D eigenvalue weighted by Crippen LogP contribution is 2.68. The fourth-order valence-electron chi connectivity index (χ4n) is 8.19. The smallest absolute Gasteiger partial charge is 0.306 e. The van der Waals surface area contributed by atoms with Gasteiger partial charge in [-0.05, 0) is 86.7 Å². The third kappa shape index (κ3) is 3.41. The molecule has 0 aromatic heterocycles. The van der Waals surface area contributed by atoms with E-state index in [0.717, 1.165) is 50.5 Å². The Morgan fingerprint density at radius 2 is 1.84 bits per heavy atom. The van der Waals surface area contributed by atoms with Gasteiger partial charge in [-0.1, -0.05) is 33.6 Å². The average molecular weight is 445 g/mol. The molecule has 4 aliphatic carbocycles. The lowest BCUT2D eigenvalue weighted by atomic mass is 9.45. The molecule has 1 N–H and O–H groups in total. The summed E-state index contributed by atoms with van der Waals surface area (Å²) in [5, 5.41) is 11.1. The minimum absolute atomic E-state index is 0.0313. The second-order valence-electron chi connectivity index (χ2n) is 11.4. The summed E-state index contributed by atoms with van der Waals surface area (Å²) in [4.78, 5) is 37.9. The van der Waals surface area contributed by atoms with Gasteiger partial charge in [0.2, 0.25) is 0 Å². The first-order chi connectivity index (χ1) is 15.1. The number of aliphatic hydroxyl groups excluding tert-OH is 1. The summed E-state index contributed by atoms with van der Waals surface area (Å²) in [6.45, 7) is 8.08. The van der Waals surface area contributed by atoms with E-state index in [0.29, 0.717) is 31.6 Å². The highest BCUT2D eigenvalue weighted by molar-refractivity contribution is 5.92. The van der Waals surface area contributed by atoms with Gasteiger partial charge in [0.1, 0.15) is 0 Å². The van der Waals surface area contributed by atoms with Crippen molar-refractivity contribution in [1.29, 1.82) is 0 Å². The van der Waals surface area contributed by atoms with Crippen LogP contribution in [0.4, 0.5) is 0 Å². The molecule has 0 spiro atoms. The van der Waals surface area contributed by atoms with E-state index in [1.165, 1.54) is 0 Å². The highest BCUT2D eigenvalue weighted by atomic mass is 16.6. The maximum absolute atomic E-state index is 13.1. The van der Waals surface area contributed by atoms with Gasteiger partial charge in [-0.25, -0.2) is 0 Å². The maximum Gasteiger partial charge on any atom is 0.306 e. The monoisotopic (exact) mass is 444 g/mol. The number of aliphatic hydroxyl groups is 1. The fourth-order valence-corrected chi connectivity index (χ4v) is 8.19. The average Bonchev–Trinajstić information content (AvgIpc) is 3.03. The Kier molecular flexibility index (Phi) is 6.19. The number of ether oxygens (including phenoxy) is 1. The molecule has 0 saturated heterocycles. The summed E-state index contributed by atoms with van der Waals surface area (Å²) >= 11 is 0. The van der Waals surface area contributed by atoms with Gasteiger partial charge in [-0.15, -0.1) is 0 Å². The molecular formula is C27H40O5. The molecule has 0 aliphatic heterocycles. The van der Waals surface area contributed by atoms with Crippen LogP contribution in [0.1, 0.15) is 98.3 Å². The van der Waals surface area contributed by atoms with Crippen LogP contribution in [0.25, 0.3) is 0 Å². The van der Waals surface area contributed by atoms with Crippen molar-refractivity contribution in [3.05, 3.63) is 11.6 Å². The van der Waals surface area contributed by atoms with Gasteiger partial charge in [0.05, 0.1) is 6.10 Å². The number of rotatable bonds is 6. The van der Waals surface area contributed by atoms with E-state index >= 15 is 0 Å². The van der Waals surface area contributed by atoms with Crippen LogP contribution >= 0.6 is 0 Å². The number of esters is 1. The second-order valence-corrected chi connectivity index (χ2v) is 11.4. The Bertz CT molecular complexity index is 830. The largest absolute Gasteiger partial charge is 0.450 e. The van der Waals surface area contributed by atoms with E-state index in [2.05, 4.69) is 20.8 Å². The molecule has 3 fully saturated rings. The summed E-state index contributed by atoms with van der Waals surface area (Å²) in [6, 6.07) is 0. The number of unbranched alkanes of at least 4 members (excludes halogenated alkanes) is 2. The van der Waals surface area contributed by atoms with E-state index < -0.39 is 17.1 Å². The predicted octanol–water partition coefficient (Wildman–Crippen LogP) is 4.94. The molecule has 32 heavy (non-hydrogen) atoms. The van der Waals surface area contributed by atoms with Gasteiger partial charge >= 0.3 is 5.97 Å². The summed E-state index contributed by atoms with van der Waals surface area (Å²) in [5.74, 6) is 0.757. The molecule has 0 aromatic carbocycles. The molecular weight excluding hydrogens is 404 g/mol. The number of carbonyl (C=O) groups is 3. The normalized spacial score (nSPS) is 43.0. The third-order valence-corrected chi connectivity index (χ3v) is 9.94. The molecule has 178 valence electrons. The van der Waals surface area contributed by atoms with Crippen LogP contribution in [0.5, 0.6) is 0 Å². The zero-order valence-electron chi connectivity index (χ0n) is 20.2. The summed E-state index contributed by atoms with van der Waals surface area (Å²) < 4.78 is 6.12. The first kappa shape index (κ1) is 23.7. The maximum atomic E-state index is 13.1. The van der Waals surface area contributed by atoms with Crippen LogP contribution in [0.2, 0.25) is 0 Å². The summed E-state index contributed by atoms with van der Waals surface area (Å²) in [6.07, 6.45) is 9.50. The van der Waals surface area contributed by atoms with Crippen molar-refractivity contribution in [3.8, 4) is 0 Å². The zero-order chi connectivity index (χ0) is 23.3. The number of hydrogen-bond acceptors (Lipinski definition) is 5. The first-order valence-electron chi connectivity index (χ1n) is 12.7. The molecule has 0 amide bonds. The Hall–Kier alpha value is -1.49. The minimum atomic E-state index is -1.05. The van der Waals surface area contributed by atoms with Gasteiger partial charge in [-0.2, -0.15) is 0 Å². The van der Waals surface area contributed by atoms with Crippen molar-refractivity contribution in [2.45, 2.75) is 110 Å². The van der Waals surface area contributed by atoms with Gasteiger partial charge in [-0.3, -0.25) is 14.4 Å². The first-order valence-corrected chi connectivity index (χ1v) is 12.7. The van der Waals surface area contributed by atoms with E-state index in [-0.39, 0.29) is 34.8 Å². The molecule has 0 bridgehead atoms. The van der Waals surface area contributed by atoms with Crippen LogP contribution in [0.15, 0.2) is 11.6 Å². The van der Waals surface area contributed by atoms with Gasteiger partial charge in [0.25, 0.3) is 0 Å². The van der Waals surface area contributed by atoms with Crippen molar-refractivity contribution in [3.63, 3.8) is 0 Å². The van der Waals surface area contributed by atoms with Crippen LogP contribution < -0.4 is 0 Å². The predicted molar refractivity (Wildman–Crippen MR) is 122 cm³/mol. The molecule has 3 saturated carbocycles. The van der Waals surface area contributed by atoms with Crippen molar-refractivity contribution in [1.82, 2.24) is 0 Å². The number of ketones is 2. The molecule has 0 unspecified atom stereocenters. The van der Waals surface area contributed by atoms with Crippen LogP contribution in [-0.2, 0) is 19.1 Å². The van der Waals surface area contributed by atoms with Gasteiger partial charge in [0.15, 0.2) is 17.2 Å². The Labute approximate surface area is 192 Å². The SMILES string of the molecule is CCCCCC(=O)O[C@]1(C(C)=O)CC[C@H]2[C@@H]3C[C@@H](O)C4=CC(=O)CC[C@]4(C)[C@H]3CC[C@@]21C.